The summed E-state index contributed by atoms with van der Waals surface area (Å²) in [5, 5.41) is 0. The predicted molar refractivity (Wildman–Crippen MR) is 88.0 cm³/mol. The molecule has 2 rings (SSSR count). The zero-order chi connectivity index (χ0) is 15.1. The van der Waals surface area contributed by atoms with Gasteiger partial charge in [0.1, 0.15) is 0 Å². The molecule has 0 bridgehead atoms. The molecule has 21 heavy (non-hydrogen) atoms. The van der Waals surface area contributed by atoms with Gasteiger partial charge in [0, 0.05) is 5.69 Å². The summed E-state index contributed by atoms with van der Waals surface area (Å²) in [6.07, 6.45) is 2.40. The van der Waals surface area contributed by atoms with E-state index in [0.29, 0.717) is 12.1 Å². The van der Waals surface area contributed by atoms with Gasteiger partial charge < -0.3 is 0 Å². The summed E-state index contributed by atoms with van der Waals surface area (Å²) in [6, 6.07) is 17.8. The quantitative estimate of drug-likeness (QED) is 0.845. The van der Waals surface area contributed by atoms with Crippen LogP contribution in [0.4, 0.5) is 5.69 Å². The van der Waals surface area contributed by atoms with E-state index in [9.17, 15) is 8.42 Å². The van der Waals surface area contributed by atoms with Gasteiger partial charge in [-0.05, 0) is 36.1 Å². The summed E-state index contributed by atoms with van der Waals surface area (Å²) in [6.45, 7) is 1.98. The van der Waals surface area contributed by atoms with Crippen molar-refractivity contribution in [3.8, 4) is 0 Å². The molecule has 0 radical (unpaired) electrons. The van der Waals surface area contributed by atoms with Crippen molar-refractivity contribution in [2.24, 2.45) is 0 Å². The fourth-order valence-electron chi connectivity index (χ4n) is 2.09. The molecule has 0 spiro atoms. The van der Waals surface area contributed by atoms with Crippen LogP contribution in [0.3, 0.4) is 0 Å². The van der Waals surface area contributed by atoms with Gasteiger partial charge >= 0.3 is 0 Å². The number of unbranched alkanes of at least 4 members (excludes halogenated alkanes) is 1. The van der Waals surface area contributed by atoms with E-state index in [1.165, 1.54) is 5.56 Å². The third-order valence-corrected chi connectivity index (χ3v) is 4.62. The van der Waals surface area contributed by atoms with Crippen molar-refractivity contribution in [1.29, 1.82) is 0 Å². The number of rotatable bonds is 7. The molecule has 0 heterocycles. The zero-order valence-corrected chi connectivity index (χ0v) is 13.1. The van der Waals surface area contributed by atoms with Crippen LogP contribution in [0.2, 0.25) is 0 Å². The van der Waals surface area contributed by atoms with Crippen LogP contribution in [0.1, 0.15) is 30.9 Å². The fraction of sp³-hybridized carbons (Fsp3) is 0.294. The van der Waals surface area contributed by atoms with Crippen molar-refractivity contribution in [1.82, 2.24) is 0 Å². The van der Waals surface area contributed by atoms with E-state index in [4.69, 9.17) is 0 Å². The highest BCUT2D eigenvalue weighted by molar-refractivity contribution is 7.92. The van der Waals surface area contributed by atoms with Crippen LogP contribution in [0.25, 0.3) is 0 Å². The highest BCUT2D eigenvalue weighted by Crippen LogP contribution is 2.15. The summed E-state index contributed by atoms with van der Waals surface area (Å²) in [4.78, 5) is 0. The van der Waals surface area contributed by atoms with Crippen molar-refractivity contribution in [3.05, 3.63) is 65.7 Å². The molecule has 4 heteroatoms. The van der Waals surface area contributed by atoms with Crippen molar-refractivity contribution in [2.45, 2.75) is 26.2 Å². The molecule has 0 amide bonds. The Kier molecular flexibility index (Phi) is 5.39. The predicted octanol–water partition coefficient (Wildman–Crippen LogP) is 3.82. The minimum Gasteiger partial charge on any atom is -0.284 e. The van der Waals surface area contributed by atoms with Crippen LogP contribution in [-0.2, 0) is 16.4 Å². The van der Waals surface area contributed by atoms with Gasteiger partial charge in [-0.3, -0.25) is 4.72 Å². The lowest BCUT2D eigenvalue weighted by Gasteiger charge is -2.08. The van der Waals surface area contributed by atoms with Crippen LogP contribution >= 0.6 is 0 Å². The van der Waals surface area contributed by atoms with E-state index in [2.05, 4.69) is 16.9 Å². The maximum absolute atomic E-state index is 11.8. The van der Waals surface area contributed by atoms with Gasteiger partial charge in [-0.25, -0.2) is 8.42 Å². The Hall–Kier alpha value is -1.81. The molecule has 0 aromatic heterocycles. The summed E-state index contributed by atoms with van der Waals surface area (Å²) >= 11 is 0. The normalized spacial score (nSPS) is 11.3. The minimum atomic E-state index is -3.22. The number of hydrogen-bond acceptors (Lipinski definition) is 2. The Bertz CT molecular complexity index is 649. The molecule has 112 valence electrons. The Morgan fingerprint density at radius 3 is 2.14 bits per heavy atom. The van der Waals surface area contributed by atoms with E-state index in [1.54, 1.807) is 0 Å². The molecule has 0 fully saturated rings. The van der Waals surface area contributed by atoms with E-state index in [0.717, 1.165) is 18.4 Å². The molecule has 3 nitrogen and oxygen atoms in total. The maximum atomic E-state index is 11.8. The van der Waals surface area contributed by atoms with Crippen LogP contribution in [0.15, 0.2) is 54.6 Å². The summed E-state index contributed by atoms with van der Waals surface area (Å²) in [7, 11) is -3.22. The van der Waals surface area contributed by atoms with E-state index >= 15 is 0 Å². The molecule has 0 aliphatic carbocycles. The molecular weight excluding hydrogens is 282 g/mol. The third kappa shape index (κ3) is 5.23. The highest BCUT2D eigenvalue weighted by Gasteiger charge is 2.09. The van der Waals surface area contributed by atoms with Crippen LogP contribution in [0, 0.1) is 0 Å². The lowest BCUT2D eigenvalue weighted by Crippen LogP contribution is -2.16. The minimum absolute atomic E-state index is 0.176. The first kappa shape index (κ1) is 15.6. The molecule has 0 unspecified atom stereocenters. The molecule has 2 aromatic carbocycles. The van der Waals surface area contributed by atoms with Crippen LogP contribution in [-0.4, -0.2) is 14.2 Å². The summed E-state index contributed by atoms with van der Waals surface area (Å²) in [5.41, 5.74) is 3.04. The van der Waals surface area contributed by atoms with Crippen molar-refractivity contribution in [3.63, 3.8) is 0 Å². The smallest absolute Gasteiger partial charge is 0.232 e. The summed E-state index contributed by atoms with van der Waals surface area (Å²) < 4.78 is 26.3. The fourth-order valence-corrected chi connectivity index (χ4v) is 3.35. The first-order valence-electron chi connectivity index (χ1n) is 7.22. The second-order valence-electron chi connectivity index (χ2n) is 5.13. The molecule has 0 saturated carbocycles. The lowest BCUT2D eigenvalue weighted by atomic mass is 10.1. The van der Waals surface area contributed by atoms with E-state index < -0.39 is 10.0 Å². The molecule has 1 N–H and O–H groups in total. The Morgan fingerprint density at radius 2 is 1.52 bits per heavy atom. The van der Waals surface area contributed by atoms with Gasteiger partial charge in [-0.1, -0.05) is 55.8 Å². The van der Waals surface area contributed by atoms with Gasteiger partial charge in [0.25, 0.3) is 0 Å². The topological polar surface area (TPSA) is 46.2 Å². The Labute approximate surface area is 127 Å². The zero-order valence-electron chi connectivity index (χ0n) is 12.2. The van der Waals surface area contributed by atoms with E-state index in [-0.39, 0.29) is 5.75 Å². The Morgan fingerprint density at radius 1 is 0.905 bits per heavy atom. The summed E-state index contributed by atoms with van der Waals surface area (Å²) in [5.74, 6) is 0.176. The first-order chi connectivity index (χ1) is 10.1. The second kappa shape index (κ2) is 7.27. The molecule has 0 atom stereocenters. The molecule has 0 aliphatic rings. The van der Waals surface area contributed by atoms with Crippen LogP contribution in [0.5, 0.6) is 0 Å². The van der Waals surface area contributed by atoms with Crippen LogP contribution < -0.4 is 4.72 Å². The molecule has 2 aromatic rings. The van der Waals surface area contributed by atoms with Gasteiger partial charge in [-0.2, -0.15) is 0 Å². The lowest BCUT2D eigenvalue weighted by molar-refractivity contribution is 0.598. The largest absolute Gasteiger partial charge is 0.284 e. The number of sulfonamides is 1. The maximum Gasteiger partial charge on any atom is 0.232 e. The van der Waals surface area contributed by atoms with Crippen molar-refractivity contribution >= 4 is 15.7 Å². The van der Waals surface area contributed by atoms with Crippen molar-refractivity contribution < 1.29 is 8.42 Å². The standard InChI is InChI=1S/C17H21NO2S/c1-2-3-13-21(19,20)18-17-11-9-16(10-12-17)14-15-7-5-4-6-8-15/h4-12,18H,2-3,13-14H2,1H3. The van der Waals surface area contributed by atoms with Gasteiger partial charge in [0.2, 0.25) is 10.0 Å². The van der Waals surface area contributed by atoms with Crippen molar-refractivity contribution in [2.75, 3.05) is 10.5 Å². The average molecular weight is 303 g/mol. The molecule has 0 aliphatic heterocycles. The average Bonchev–Trinajstić information content (AvgIpc) is 2.48. The second-order valence-corrected chi connectivity index (χ2v) is 6.98. The Balaban J connectivity index is 1.99. The third-order valence-electron chi connectivity index (χ3n) is 3.24. The van der Waals surface area contributed by atoms with Gasteiger partial charge in [0.15, 0.2) is 0 Å². The van der Waals surface area contributed by atoms with Gasteiger partial charge in [0.05, 0.1) is 5.75 Å². The van der Waals surface area contributed by atoms with E-state index in [1.807, 2.05) is 49.4 Å². The number of anilines is 1. The first-order valence-corrected chi connectivity index (χ1v) is 8.87. The number of benzene rings is 2. The molecule has 0 saturated heterocycles. The highest BCUT2D eigenvalue weighted by atomic mass is 32.2. The monoisotopic (exact) mass is 303 g/mol. The number of nitrogens with one attached hydrogen (secondary N) is 1. The molecular formula is C17H21NO2S. The SMILES string of the molecule is CCCCS(=O)(=O)Nc1ccc(Cc2ccccc2)cc1. The number of hydrogen-bond donors (Lipinski definition) is 1. The van der Waals surface area contributed by atoms with Gasteiger partial charge in [-0.15, -0.1) is 0 Å².